The fourth-order valence-electron chi connectivity index (χ4n) is 1.17. The average molecular weight is 310 g/mol. The van der Waals surface area contributed by atoms with Crippen LogP contribution < -0.4 is 4.74 Å². The van der Waals surface area contributed by atoms with E-state index in [0.717, 1.165) is 0 Å². The SMILES string of the molecule is COc1ccc2c(c1)C(=O)OI2(=O)O. The Balaban J connectivity index is 2.63. The normalized spacial score (nSPS) is 28.9. The number of ether oxygens (including phenoxy) is 1. The molecule has 2 rings (SSSR count). The molecule has 0 bridgehead atoms. The average Bonchev–Trinajstić information content (AvgIpc) is 2.37. The van der Waals surface area contributed by atoms with Gasteiger partial charge in [0.25, 0.3) is 0 Å². The van der Waals surface area contributed by atoms with Crippen LogP contribution in [0.15, 0.2) is 18.2 Å². The van der Waals surface area contributed by atoms with Crippen molar-refractivity contribution in [1.29, 1.82) is 0 Å². The maximum atomic E-state index is 11.4. The topological polar surface area (TPSA) is 72.8 Å². The molecule has 0 saturated heterocycles. The first kappa shape index (κ1) is 9.53. The predicted molar refractivity (Wildman–Crippen MR) is 54.0 cm³/mol. The first-order valence-corrected chi connectivity index (χ1v) is 7.48. The summed E-state index contributed by atoms with van der Waals surface area (Å²) in [4.78, 5) is 11.2. The molecule has 1 aromatic rings. The van der Waals surface area contributed by atoms with Crippen LogP contribution in [-0.4, -0.2) is 16.5 Å². The van der Waals surface area contributed by atoms with Gasteiger partial charge in [0.1, 0.15) is 0 Å². The fraction of sp³-hybridized carbons (Fsp3) is 0.125. The van der Waals surface area contributed by atoms with Crippen LogP contribution in [0.4, 0.5) is 0 Å². The zero-order valence-electron chi connectivity index (χ0n) is 7.19. The first-order valence-electron chi connectivity index (χ1n) is 3.68. The standard InChI is InChI=1S/C8H7IO5/c1-13-5-2-3-7-6(4-5)8(10)14-9(7,11)12/h2-4H,1H3,(H,11,12). The summed E-state index contributed by atoms with van der Waals surface area (Å²) in [6.45, 7) is 0. The molecule has 6 heteroatoms. The summed E-state index contributed by atoms with van der Waals surface area (Å²) < 4.78 is 30.1. The van der Waals surface area contributed by atoms with Crippen LogP contribution in [0.3, 0.4) is 0 Å². The Labute approximate surface area is 84.6 Å². The molecule has 1 atom stereocenters. The van der Waals surface area contributed by atoms with Crippen molar-refractivity contribution in [2.75, 3.05) is 7.11 Å². The predicted octanol–water partition coefficient (Wildman–Crippen LogP) is 1.25. The summed E-state index contributed by atoms with van der Waals surface area (Å²) in [5, 5.41) is 0. The van der Waals surface area contributed by atoms with Crippen molar-refractivity contribution >= 4 is 25.2 Å². The van der Waals surface area contributed by atoms with E-state index in [1.807, 2.05) is 0 Å². The van der Waals surface area contributed by atoms with Crippen molar-refractivity contribution in [3.63, 3.8) is 0 Å². The molecule has 0 fully saturated rings. The van der Waals surface area contributed by atoms with Gasteiger partial charge in [-0.3, -0.25) is 0 Å². The van der Waals surface area contributed by atoms with Gasteiger partial charge in [-0.25, -0.2) is 0 Å². The second-order valence-electron chi connectivity index (χ2n) is 2.65. The second kappa shape index (κ2) is 2.99. The molecule has 1 aliphatic rings. The molecule has 0 spiro atoms. The number of fused-ring (bicyclic) bond motifs is 1. The Bertz CT molecular complexity index is 453. The van der Waals surface area contributed by atoms with Gasteiger partial charge in [0.05, 0.1) is 0 Å². The maximum absolute atomic E-state index is 11.4. The third kappa shape index (κ3) is 1.30. The number of carbonyl (C=O) groups excluding carboxylic acids is 1. The van der Waals surface area contributed by atoms with Crippen LogP contribution in [0.5, 0.6) is 5.75 Å². The molecule has 76 valence electrons. The Morgan fingerprint density at radius 2 is 2.21 bits per heavy atom. The van der Waals surface area contributed by atoms with E-state index in [1.54, 1.807) is 0 Å². The monoisotopic (exact) mass is 310 g/mol. The molecule has 1 unspecified atom stereocenters. The zero-order chi connectivity index (χ0) is 10.3. The molecular formula is C8H7IO5. The minimum absolute atomic E-state index is 0.0997. The summed E-state index contributed by atoms with van der Waals surface area (Å²) in [6, 6.07) is 4.31. The van der Waals surface area contributed by atoms with Gasteiger partial charge in [0.15, 0.2) is 0 Å². The van der Waals surface area contributed by atoms with Crippen LogP contribution in [-0.2, 0) is 6.14 Å². The van der Waals surface area contributed by atoms with Crippen molar-refractivity contribution in [2.24, 2.45) is 0 Å². The van der Waals surface area contributed by atoms with E-state index in [1.165, 1.54) is 25.3 Å². The Morgan fingerprint density at radius 3 is 2.86 bits per heavy atom. The van der Waals surface area contributed by atoms with Gasteiger partial charge in [0.2, 0.25) is 0 Å². The summed E-state index contributed by atoms with van der Waals surface area (Å²) >= 11 is -4.64. The van der Waals surface area contributed by atoms with E-state index < -0.39 is 25.2 Å². The Morgan fingerprint density at radius 1 is 1.50 bits per heavy atom. The molecule has 0 aliphatic carbocycles. The number of rotatable bonds is 1. The summed E-state index contributed by atoms with van der Waals surface area (Å²) in [5.41, 5.74) is 0.123. The summed E-state index contributed by atoms with van der Waals surface area (Å²) in [7, 11) is 1.45. The molecule has 0 radical (unpaired) electrons. The third-order valence-electron chi connectivity index (χ3n) is 1.83. The molecule has 0 saturated carbocycles. The number of halogens is 1. The van der Waals surface area contributed by atoms with Crippen LogP contribution in [0.1, 0.15) is 10.4 Å². The number of hydrogen-bond donors (Lipinski definition) is 1. The Kier molecular flexibility index (Phi) is 2.04. The third-order valence-corrected chi connectivity index (χ3v) is 5.23. The van der Waals surface area contributed by atoms with E-state index in [9.17, 15) is 11.3 Å². The van der Waals surface area contributed by atoms with Gasteiger partial charge in [-0.15, -0.1) is 0 Å². The second-order valence-corrected chi connectivity index (χ2v) is 6.76. The molecule has 14 heavy (non-hydrogen) atoms. The van der Waals surface area contributed by atoms with Gasteiger partial charge in [-0.1, -0.05) is 0 Å². The number of methoxy groups -OCH3 is 1. The van der Waals surface area contributed by atoms with Crippen LogP contribution in [0.2, 0.25) is 0 Å². The number of carbonyl (C=O) groups is 1. The fourth-order valence-corrected chi connectivity index (χ4v) is 3.94. The van der Waals surface area contributed by atoms with Crippen LogP contribution in [0, 0.1) is 3.57 Å². The van der Waals surface area contributed by atoms with E-state index >= 15 is 0 Å². The summed E-state index contributed by atoms with van der Waals surface area (Å²) in [6.07, 6.45) is 0. The molecule has 5 nitrogen and oxygen atoms in total. The van der Waals surface area contributed by atoms with Crippen molar-refractivity contribution in [3.05, 3.63) is 27.3 Å². The van der Waals surface area contributed by atoms with E-state index in [2.05, 4.69) is 3.07 Å². The van der Waals surface area contributed by atoms with Crippen molar-refractivity contribution in [1.82, 2.24) is 0 Å². The molecule has 0 aromatic heterocycles. The molecule has 1 aromatic carbocycles. The van der Waals surface area contributed by atoms with Gasteiger partial charge in [-0.2, -0.15) is 0 Å². The van der Waals surface area contributed by atoms with Crippen LogP contribution >= 0.6 is 19.3 Å². The quantitative estimate of drug-likeness (QED) is 0.790. The molecular weight excluding hydrogens is 303 g/mol. The van der Waals surface area contributed by atoms with E-state index in [4.69, 9.17) is 4.74 Å². The zero-order valence-corrected chi connectivity index (χ0v) is 9.35. The van der Waals surface area contributed by atoms with Crippen molar-refractivity contribution in [3.8, 4) is 5.75 Å². The van der Waals surface area contributed by atoms with Gasteiger partial charge < -0.3 is 0 Å². The Hall–Kier alpha value is -1.02. The van der Waals surface area contributed by atoms with Crippen molar-refractivity contribution < 1.29 is 19.1 Å². The van der Waals surface area contributed by atoms with E-state index in [-0.39, 0.29) is 9.13 Å². The number of benzene rings is 1. The molecule has 0 amide bonds. The van der Waals surface area contributed by atoms with E-state index in [0.29, 0.717) is 5.75 Å². The van der Waals surface area contributed by atoms with Gasteiger partial charge >= 0.3 is 84.5 Å². The van der Waals surface area contributed by atoms with Crippen molar-refractivity contribution in [2.45, 2.75) is 0 Å². The summed E-state index contributed by atoms with van der Waals surface area (Å²) in [5.74, 6) is -0.299. The van der Waals surface area contributed by atoms with Crippen LogP contribution in [0.25, 0.3) is 0 Å². The number of hydrogen-bond acceptors (Lipinski definition) is 4. The van der Waals surface area contributed by atoms with Gasteiger partial charge in [-0.05, 0) is 0 Å². The molecule has 1 aliphatic heterocycles. The molecule has 1 N–H and O–H groups in total. The van der Waals surface area contributed by atoms with Gasteiger partial charge in [0, 0.05) is 0 Å². The molecule has 1 heterocycles. The minimum atomic E-state index is -4.64. The first-order chi connectivity index (χ1) is 6.54.